The number of esters is 1. The molecule has 0 aliphatic carbocycles. The number of carbonyl (C=O) groups excluding carboxylic acids is 1. The Kier molecular flexibility index (Phi) is 5.79. The van der Waals surface area contributed by atoms with E-state index in [0.29, 0.717) is 18.4 Å². The molecule has 0 radical (unpaired) electrons. The Morgan fingerprint density at radius 3 is 2.15 bits per heavy atom. The van der Waals surface area contributed by atoms with Crippen LogP contribution in [0.1, 0.15) is 53.0 Å². The van der Waals surface area contributed by atoms with Crippen LogP contribution >= 0.6 is 0 Å². The van der Waals surface area contributed by atoms with Crippen LogP contribution in [0, 0.1) is 17.3 Å². The van der Waals surface area contributed by atoms with E-state index < -0.39 is 0 Å². The second kappa shape index (κ2) is 6.92. The number of hydrogen-bond acceptors (Lipinski definition) is 2. The Morgan fingerprint density at radius 2 is 1.65 bits per heavy atom. The van der Waals surface area contributed by atoms with Crippen molar-refractivity contribution in [3.63, 3.8) is 0 Å². The summed E-state index contributed by atoms with van der Waals surface area (Å²) >= 11 is 0. The van der Waals surface area contributed by atoms with E-state index in [0.717, 1.165) is 0 Å². The van der Waals surface area contributed by atoms with E-state index in [2.05, 4.69) is 52.0 Å². The molecule has 0 spiro atoms. The predicted octanol–water partition coefficient (Wildman–Crippen LogP) is 4.65. The summed E-state index contributed by atoms with van der Waals surface area (Å²) in [7, 11) is 0. The van der Waals surface area contributed by atoms with Crippen molar-refractivity contribution in [1.82, 2.24) is 0 Å². The highest BCUT2D eigenvalue weighted by atomic mass is 16.5. The summed E-state index contributed by atoms with van der Waals surface area (Å²) < 4.78 is 5.44. The first kappa shape index (κ1) is 16.7. The first-order chi connectivity index (χ1) is 9.25. The number of benzene rings is 1. The summed E-state index contributed by atoms with van der Waals surface area (Å²) in [5, 5.41) is 0. The van der Waals surface area contributed by atoms with Crippen molar-refractivity contribution in [3.05, 3.63) is 35.9 Å². The van der Waals surface area contributed by atoms with Crippen molar-refractivity contribution in [2.75, 3.05) is 6.61 Å². The topological polar surface area (TPSA) is 26.3 Å². The van der Waals surface area contributed by atoms with E-state index in [9.17, 15) is 4.79 Å². The van der Waals surface area contributed by atoms with Gasteiger partial charge in [0.2, 0.25) is 0 Å². The maximum absolute atomic E-state index is 11.6. The minimum Gasteiger partial charge on any atom is -0.465 e. The van der Waals surface area contributed by atoms with Gasteiger partial charge in [-0.1, -0.05) is 71.9 Å². The summed E-state index contributed by atoms with van der Waals surface area (Å²) in [5.74, 6) is 0.680. The van der Waals surface area contributed by atoms with Crippen molar-refractivity contribution in [1.29, 1.82) is 0 Å². The Labute approximate surface area is 123 Å². The molecule has 0 aromatic heterocycles. The van der Waals surface area contributed by atoms with Gasteiger partial charge in [0.1, 0.15) is 0 Å². The molecule has 20 heavy (non-hydrogen) atoms. The van der Waals surface area contributed by atoms with E-state index in [1.54, 1.807) is 0 Å². The standard InChI is InChI=1S/C18H28O2/c1-13(2)17(19)20-12-18(5,6)15(4)14(3)16-10-8-7-9-11-16/h7-11,13-15H,12H2,1-6H3/t14-,15+/m1/s1. The molecule has 0 N–H and O–H groups in total. The SMILES string of the molecule is CC(C)C(=O)OCC(C)(C)[C@@H](C)[C@@H](C)c1ccccc1. The van der Waals surface area contributed by atoms with E-state index in [-0.39, 0.29) is 17.3 Å². The maximum atomic E-state index is 11.6. The van der Waals surface area contributed by atoms with Gasteiger partial charge >= 0.3 is 5.97 Å². The normalized spacial score (nSPS) is 14.9. The van der Waals surface area contributed by atoms with Gasteiger partial charge in [-0.15, -0.1) is 0 Å². The van der Waals surface area contributed by atoms with Gasteiger partial charge in [0.15, 0.2) is 0 Å². The highest BCUT2D eigenvalue weighted by Gasteiger charge is 2.32. The number of hydrogen-bond donors (Lipinski definition) is 0. The third-order valence-electron chi connectivity index (χ3n) is 4.37. The van der Waals surface area contributed by atoms with E-state index in [1.165, 1.54) is 5.56 Å². The van der Waals surface area contributed by atoms with Crippen LogP contribution < -0.4 is 0 Å². The molecule has 1 aromatic carbocycles. The highest BCUT2D eigenvalue weighted by molar-refractivity contribution is 5.71. The Balaban J connectivity index is 2.69. The highest BCUT2D eigenvalue weighted by Crippen LogP contribution is 2.37. The van der Waals surface area contributed by atoms with Gasteiger partial charge in [0, 0.05) is 5.41 Å². The molecule has 0 aliphatic heterocycles. The largest absolute Gasteiger partial charge is 0.465 e. The summed E-state index contributed by atoms with van der Waals surface area (Å²) in [6.45, 7) is 13.0. The van der Waals surface area contributed by atoms with Gasteiger partial charge in [-0.2, -0.15) is 0 Å². The summed E-state index contributed by atoms with van der Waals surface area (Å²) in [6.07, 6.45) is 0. The molecule has 1 aromatic rings. The van der Waals surface area contributed by atoms with Crippen LogP contribution in [-0.4, -0.2) is 12.6 Å². The fourth-order valence-corrected chi connectivity index (χ4v) is 2.28. The van der Waals surface area contributed by atoms with Gasteiger partial charge in [-0.25, -0.2) is 0 Å². The summed E-state index contributed by atoms with van der Waals surface area (Å²) in [6, 6.07) is 10.5. The van der Waals surface area contributed by atoms with E-state index in [4.69, 9.17) is 4.74 Å². The zero-order valence-corrected chi connectivity index (χ0v) is 13.6. The predicted molar refractivity (Wildman–Crippen MR) is 83.6 cm³/mol. The lowest BCUT2D eigenvalue weighted by molar-refractivity contribution is -0.151. The molecule has 2 atom stereocenters. The molecule has 0 saturated heterocycles. The number of carbonyl (C=O) groups is 1. The van der Waals surface area contributed by atoms with Gasteiger partial charge in [0.05, 0.1) is 12.5 Å². The molecular formula is C18H28O2. The van der Waals surface area contributed by atoms with Crippen molar-refractivity contribution >= 4 is 5.97 Å². The number of ether oxygens (including phenoxy) is 1. The molecule has 1 rings (SSSR count). The zero-order chi connectivity index (χ0) is 15.3. The minimum absolute atomic E-state index is 0.0419. The van der Waals surface area contributed by atoms with Crippen LogP contribution in [0.2, 0.25) is 0 Å². The van der Waals surface area contributed by atoms with Crippen LogP contribution in [0.25, 0.3) is 0 Å². The lowest BCUT2D eigenvalue weighted by atomic mass is 9.72. The first-order valence-electron chi connectivity index (χ1n) is 7.47. The van der Waals surface area contributed by atoms with Gasteiger partial charge in [-0.05, 0) is 17.4 Å². The molecule has 2 nitrogen and oxygen atoms in total. The summed E-state index contributed by atoms with van der Waals surface area (Å²) in [4.78, 5) is 11.6. The first-order valence-corrected chi connectivity index (χ1v) is 7.47. The Morgan fingerprint density at radius 1 is 1.10 bits per heavy atom. The number of rotatable bonds is 6. The molecule has 2 heteroatoms. The van der Waals surface area contributed by atoms with Crippen LogP contribution in [-0.2, 0) is 9.53 Å². The monoisotopic (exact) mass is 276 g/mol. The van der Waals surface area contributed by atoms with E-state index >= 15 is 0 Å². The molecule has 0 saturated carbocycles. The molecule has 0 heterocycles. The van der Waals surface area contributed by atoms with Crippen molar-refractivity contribution in [2.24, 2.45) is 17.3 Å². The summed E-state index contributed by atoms with van der Waals surface area (Å²) in [5.41, 5.74) is 1.29. The molecule has 0 unspecified atom stereocenters. The van der Waals surface area contributed by atoms with Crippen LogP contribution in [0.15, 0.2) is 30.3 Å². The van der Waals surface area contributed by atoms with Crippen molar-refractivity contribution in [2.45, 2.75) is 47.5 Å². The van der Waals surface area contributed by atoms with Crippen LogP contribution in [0.4, 0.5) is 0 Å². The third kappa shape index (κ3) is 4.36. The second-order valence-corrected chi connectivity index (χ2v) is 6.74. The lowest BCUT2D eigenvalue weighted by Gasteiger charge is -2.35. The lowest BCUT2D eigenvalue weighted by Crippen LogP contribution is -2.32. The quantitative estimate of drug-likeness (QED) is 0.707. The fourth-order valence-electron chi connectivity index (χ4n) is 2.28. The van der Waals surface area contributed by atoms with Gasteiger partial charge in [-0.3, -0.25) is 4.79 Å². The van der Waals surface area contributed by atoms with E-state index in [1.807, 2.05) is 19.9 Å². The van der Waals surface area contributed by atoms with Gasteiger partial charge < -0.3 is 4.74 Å². The van der Waals surface area contributed by atoms with Crippen LogP contribution in [0.3, 0.4) is 0 Å². The van der Waals surface area contributed by atoms with Crippen LogP contribution in [0.5, 0.6) is 0 Å². The Hall–Kier alpha value is -1.31. The van der Waals surface area contributed by atoms with Gasteiger partial charge in [0.25, 0.3) is 0 Å². The minimum atomic E-state index is -0.113. The zero-order valence-electron chi connectivity index (χ0n) is 13.6. The average Bonchev–Trinajstić information content (AvgIpc) is 2.44. The van der Waals surface area contributed by atoms with Crippen molar-refractivity contribution < 1.29 is 9.53 Å². The smallest absolute Gasteiger partial charge is 0.308 e. The maximum Gasteiger partial charge on any atom is 0.308 e. The molecular weight excluding hydrogens is 248 g/mol. The third-order valence-corrected chi connectivity index (χ3v) is 4.37. The molecule has 0 fully saturated rings. The molecule has 112 valence electrons. The molecule has 0 aliphatic rings. The molecule has 0 bridgehead atoms. The Bertz CT molecular complexity index is 420. The average molecular weight is 276 g/mol. The fraction of sp³-hybridized carbons (Fsp3) is 0.611. The van der Waals surface area contributed by atoms with Crippen molar-refractivity contribution in [3.8, 4) is 0 Å². The second-order valence-electron chi connectivity index (χ2n) is 6.74. The molecule has 0 amide bonds.